The van der Waals surface area contributed by atoms with E-state index in [2.05, 4.69) is 5.32 Å². The highest BCUT2D eigenvalue weighted by molar-refractivity contribution is 6.12. The van der Waals surface area contributed by atoms with Gasteiger partial charge in [-0.25, -0.2) is 4.79 Å². The summed E-state index contributed by atoms with van der Waals surface area (Å²) in [6, 6.07) is 16.7. The summed E-state index contributed by atoms with van der Waals surface area (Å²) >= 11 is 0. The third kappa shape index (κ3) is 4.19. The molecule has 0 aliphatic heterocycles. The molecule has 7 heteroatoms. The summed E-state index contributed by atoms with van der Waals surface area (Å²) < 4.78 is 10.4. The number of carbonyl (C=O) groups is 3. The van der Waals surface area contributed by atoms with Gasteiger partial charge in [-0.15, -0.1) is 0 Å². The molecule has 1 heterocycles. The first-order valence-electron chi connectivity index (χ1n) is 8.99. The number of benzene rings is 2. The Kier molecular flexibility index (Phi) is 5.78. The van der Waals surface area contributed by atoms with E-state index in [4.69, 9.17) is 14.9 Å². The van der Waals surface area contributed by atoms with Gasteiger partial charge in [0.1, 0.15) is 16.9 Å². The number of esters is 1. The van der Waals surface area contributed by atoms with Gasteiger partial charge in [0.25, 0.3) is 11.8 Å². The Hall–Kier alpha value is -3.87. The highest BCUT2D eigenvalue weighted by atomic mass is 16.5. The molecule has 148 valence electrons. The van der Waals surface area contributed by atoms with Crippen molar-refractivity contribution in [3.63, 3.8) is 0 Å². The predicted octanol–water partition coefficient (Wildman–Crippen LogP) is 3.78. The van der Waals surface area contributed by atoms with Crippen LogP contribution < -0.4 is 11.1 Å². The van der Waals surface area contributed by atoms with Crippen molar-refractivity contribution in [1.82, 2.24) is 0 Å². The summed E-state index contributed by atoms with van der Waals surface area (Å²) in [6.45, 7) is 3.25. The van der Waals surface area contributed by atoms with Gasteiger partial charge in [0.05, 0.1) is 6.61 Å². The average molecular weight is 392 g/mol. The Labute approximate surface area is 167 Å². The molecule has 3 N–H and O–H groups in total. The molecule has 2 amide bonds. The Morgan fingerprint density at radius 3 is 2.17 bits per heavy atom. The Bertz CT molecular complexity index is 1050. The standard InChI is InChI=1S/C22H20N2O5/c1-3-28-22(27)17-13(2)29-21(18(17)19(23)25)24-20(26)16-11-9-15(10-12-16)14-7-5-4-6-8-14/h4-12H,3H2,1-2H3,(H2,23,25)(H,24,26). The number of anilines is 1. The van der Waals surface area contributed by atoms with Crippen LogP contribution in [0.15, 0.2) is 59.0 Å². The van der Waals surface area contributed by atoms with Crippen molar-refractivity contribution in [3.05, 3.63) is 77.0 Å². The van der Waals surface area contributed by atoms with Crippen LogP contribution in [0.1, 0.15) is 43.8 Å². The van der Waals surface area contributed by atoms with Gasteiger partial charge in [0, 0.05) is 5.56 Å². The fourth-order valence-electron chi connectivity index (χ4n) is 2.94. The van der Waals surface area contributed by atoms with Crippen LogP contribution in [0.5, 0.6) is 0 Å². The fourth-order valence-corrected chi connectivity index (χ4v) is 2.94. The molecule has 0 aliphatic carbocycles. The van der Waals surface area contributed by atoms with E-state index in [9.17, 15) is 14.4 Å². The zero-order valence-electron chi connectivity index (χ0n) is 16.0. The van der Waals surface area contributed by atoms with Gasteiger partial charge in [-0.2, -0.15) is 0 Å². The van der Waals surface area contributed by atoms with Crippen molar-refractivity contribution in [2.45, 2.75) is 13.8 Å². The van der Waals surface area contributed by atoms with Crippen LogP contribution in [0.25, 0.3) is 11.1 Å². The molecule has 0 bridgehead atoms. The summed E-state index contributed by atoms with van der Waals surface area (Å²) in [5.41, 5.74) is 7.44. The largest absolute Gasteiger partial charge is 0.462 e. The molecule has 0 saturated carbocycles. The number of ether oxygens (including phenoxy) is 1. The van der Waals surface area contributed by atoms with Crippen molar-refractivity contribution in [1.29, 1.82) is 0 Å². The van der Waals surface area contributed by atoms with Gasteiger partial charge in [0.2, 0.25) is 5.88 Å². The van der Waals surface area contributed by atoms with E-state index in [0.29, 0.717) is 5.56 Å². The lowest BCUT2D eigenvalue weighted by Gasteiger charge is -2.06. The molecule has 0 aliphatic rings. The van der Waals surface area contributed by atoms with Crippen molar-refractivity contribution in [2.75, 3.05) is 11.9 Å². The minimum absolute atomic E-state index is 0.0888. The van der Waals surface area contributed by atoms with Gasteiger partial charge in [-0.3, -0.25) is 14.9 Å². The molecular weight excluding hydrogens is 372 g/mol. The second-order valence-electron chi connectivity index (χ2n) is 6.22. The van der Waals surface area contributed by atoms with E-state index in [1.165, 1.54) is 6.92 Å². The molecule has 3 rings (SSSR count). The lowest BCUT2D eigenvalue weighted by molar-refractivity contribution is 0.0521. The third-order valence-corrected chi connectivity index (χ3v) is 4.29. The lowest BCUT2D eigenvalue weighted by Crippen LogP contribution is -2.20. The molecule has 7 nitrogen and oxygen atoms in total. The number of nitrogens with one attached hydrogen (secondary N) is 1. The van der Waals surface area contributed by atoms with Crippen LogP contribution in [0.2, 0.25) is 0 Å². The summed E-state index contributed by atoms with van der Waals surface area (Å²) in [5.74, 6) is -2.20. The molecule has 29 heavy (non-hydrogen) atoms. The fraction of sp³-hybridized carbons (Fsp3) is 0.136. The summed E-state index contributed by atoms with van der Waals surface area (Å²) in [4.78, 5) is 36.6. The quantitative estimate of drug-likeness (QED) is 0.620. The van der Waals surface area contributed by atoms with Crippen LogP contribution in [0.3, 0.4) is 0 Å². The second kappa shape index (κ2) is 8.43. The molecular formula is C22H20N2O5. The van der Waals surface area contributed by atoms with Crippen LogP contribution in [-0.4, -0.2) is 24.4 Å². The van der Waals surface area contributed by atoms with Crippen molar-refractivity contribution >= 4 is 23.7 Å². The number of rotatable bonds is 6. The van der Waals surface area contributed by atoms with Crippen LogP contribution in [-0.2, 0) is 4.74 Å². The minimum Gasteiger partial charge on any atom is -0.462 e. The monoisotopic (exact) mass is 392 g/mol. The minimum atomic E-state index is -0.903. The van der Waals surface area contributed by atoms with Crippen LogP contribution >= 0.6 is 0 Å². The maximum Gasteiger partial charge on any atom is 0.342 e. The Balaban J connectivity index is 1.86. The van der Waals surface area contributed by atoms with Gasteiger partial charge >= 0.3 is 5.97 Å². The first-order valence-corrected chi connectivity index (χ1v) is 8.99. The number of amides is 2. The first-order chi connectivity index (χ1) is 13.9. The van der Waals surface area contributed by atoms with E-state index in [-0.39, 0.29) is 29.4 Å². The highest BCUT2D eigenvalue weighted by Gasteiger charge is 2.29. The molecule has 2 aromatic carbocycles. The highest BCUT2D eigenvalue weighted by Crippen LogP contribution is 2.28. The maximum absolute atomic E-state index is 12.6. The van der Waals surface area contributed by atoms with Crippen LogP contribution in [0, 0.1) is 6.92 Å². The van der Waals surface area contributed by atoms with E-state index in [0.717, 1.165) is 11.1 Å². The maximum atomic E-state index is 12.6. The topological polar surface area (TPSA) is 112 Å². The summed E-state index contributed by atoms with van der Waals surface area (Å²) in [6.07, 6.45) is 0. The molecule has 0 saturated heterocycles. The van der Waals surface area contributed by atoms with Gasteiger partial charge in [-0.05, 0) is 37.1 Å². The average Bonchev–Trinajstić information content (AvgIpc) is 3.05. The molecule has 3 aromatic rings. The third-order valence-electron chi connectivity index (χ3n) is 4.29. The smallest absolute Gasteiger partial charge is 0.342 e. The molecule has 0 unspecified atom stereocenters. The summed E-state index contributed by atoms with van der Waals surface area (Å²) in [7, 11) is 0. The lowest BCUT2D eigenvalue weighted by atomic mass is 10.0. The van der Waals surface area contributed by atoms with E-state index in [1.807, 2.05) is 42.5 Å². The zero-order valence-corrected chi connectivity index (χ0v) is 16.0. The number of hydrogen-bond donors (Lipinski definition) is 2. The number of carbonyl (C=O) groups excluding carboxylic acids is 3. The second-order valence-corrected chi connectivity index (χ2v) is 6.22. The van der Waals surface area contributed by atoms with Gasteiger partial charge in [-0.1, -0.05) is 42.5 Å². The molecule has 0 atom stereocenters. The Morgan fingerprint density at radius 2 is 1.59 bits per heavy atom. The number of furan rings is 1. The zero-order chi connectivity index (χ0) is 21.0. The molecule has 1 aromatic heterocycles. The van der Waals surface area contributed by atoms with E-state index in [1.54, 1.807) is 19.1 Å². The van der Waals surface area contributed by atoms with Crippen LogP contribution in [0.4, 0.5) is 5.88 Å². The molecule has 0 fully saturated rings. The van der Waals surface area contributed by atoms with Crippen molar-refractivity contribution < 1.29 is 23.5 Å². The van der Waals surface area contributed by atoms with E-state index < -0.39 is 17.8 Å². The van der Waals surface area contributed by atoms with Gasteiger partial charge < -0.3 is 14.9 Å². The molecule has 0 radical (unpaired) electrons. The summed E-state index contributed by atoms with van der Waals surface area (Å²) in [5, 5.41) is 2.51. The normalized spacial score (nSPS) is 10.4. The first kappa shape index (κ1) is 19.9. The molecule has 0 spiro atoms. The predicted molar refractivity (Wildman–Crippen MR) is 108 cm³/mol. The van der Waals surface area contributed by atoms with Crippen molar-refractivity contribution in [3.8, 4) is 11.1 Å². The number of primary amides is 1. The Morgan fingerprint density at radius 1 is 0.966 bits per heavy atom. The van der Waals surface area contributed by atoms with Gasteiger partial charge in [0.15, 0.2) is 0 Å². The van der Waals surface area contributed by atoms with Crippen molar-refractivity contribution in [2.24, 2.45) is 5.73 Å². The number of nitrogens with two attached hydrogens (primary N) is 1. The number of hydrogen-bond acceptors (Lipinski definition) is 5. The SMILES string of the molecule is CCOC(=O)c1c(C)oc(NC(=O)c2ccc(-c3ccccc3)cc2)c1C(N)=O. The van der Waals surface area contributed by atoms with E-state index >= 15 is 0 Å². The number of aryl methyl sites for hydroxylation is 1.